The van der Waals surface area contributed by atoms with E-state index in [1.54, 1.807) is 0 Å². The number of nitrogen functional groups attached to an aromatic ring is 1. The average Bonchev–Trinajstić information content (AvgIpc) is 2.69. The number of anilines is 2. The van der Waals surface area contributed by atoms with E-state index in [0.29, 0.717) is 11.9 Å². The molecule has 0 saturated heterocycles. The van der Waals surface area contributed by atoms with Gasteiger partial charge in [0, 0.05) is 12.5 Å². The van der Waals surface area contributed by atoms with E-state index in [1.807, 2.05) is 10.7 Å². The van der Waals surface area contributed by atoms with Gasteiger partial charge in [-0.25, -0.2) is 4.68 Å². The van der Waals surface area contributed by atoms with Crippen LogP contribution in [0.3, 0.4) is 0 Å². The predicted octanol–water partition coefficient (Wildman–Crippen LogP) is 1.07. The van der Waals surface area contributed by atoms with Gasteiger partial charge in [-0.15, -0.1) is 5.10 Å². The van der Waals surface area contributed by atoms with Crippen LogP contribution in [0, 0.1) is 0 Å². The first-order chi connectivity index (χ1) is 7.83. The maximum absolute atomic E-state index is 5.56. The largest absolute Gasteiger partial charge is 0.366 e. The van der Waals surface area contributed by atoms with E-state index >= 15 is 0 Å². The lowest BCUT2D eigenvalue weighted by atomic mass is 9.98. The van der Waals surface area contributed by atoms with Crippen molar-refractivity contribution in [2.24, 2.45) is 0 Å². The molecule has 0 amide bonds. The summed E-state index contributed by atoms with van der Waals surface area (Å²) in [4.78, 5) is 4.10. The summed E-state index contributed by atoms with van der Waals surface area (Å²) in [6.07, 6.45) is 0. The zero-order valence-corrected chi connectivity index (χ0v) is 8.80. The lowest BCUT2D eigenvalue weighted by Gasteiger charge is -2.23. The summed E-state index contributed by atoms with van der Waals surface area (Å²) in [5.74, 6) is 1.52. The summed E-state index contributed by atoms with van der Waals surface area (Å²) in [7, 11) is 0. The van der Waals surface area contributed by atoms with Crippen LogP contribution < -0.4 is 11.1 Å². The fourth-order valence-electron chi connectivity index (χ4n) is 2.05. The fourth-order valence-corrected chi connectivity index (χ4v) is 2.05. The molecule has 1 aromatic heterocycles. The molecule has 2 heterocycles. The minimum Gasteiger partial charge on any atom is -0.366 e. The highest BCUT2D eigenvalue weighted by Gasteiger charge is 2.21. The van der Waals surface area contributed by atoms with Crippen molar-refractivity contribution in [3.8, 4) is 0 Å². The quantitative estimate of drug-likeness (QED) is 0.746. The van der Waals surface area contributed by atoms with Gasteiger partial charge >= 0.3 is 0 Å². The van der Waals surface area contributed by atoms with Crippen molar-refractivity contribution >= 4 is 11.9 Å². The second kappa shape index (κ2) is 3.52. The Morgan fingerprint density at radius 2 is 2.12 bits per heavy atom. The molecule has 5 nitrogen and oxygen atoms in total. The van der Waals surface area contributed by atoms with Gasteiger partial charge in [0.2, 0.25) is 11.9 Å². The molecular formula is C11H13N5. The molecule has 1 unspecified atom stereocenters. The van der Waals surface area contributed by atoms with Gasteiger partial charge in [0.1, 0.15) is 0 Å². The molecule has 1 aromatic carbocycles. The van der Waals surface area contributed by atoms with Crippen LogP contribution in [0.2, 0.25) is 0 Å². The van der Waals surface area contributed by atoms with E-state index in [4.69, 9.17) is 5.73 Å². The Morgan fingerprint density at radius 1 is 1.31 bits per heavy atom. The minimum absolute atomic E-state index is 0.330. The predicted molar refractivity (Wildman–Crippen MR) is 62.1 cm³/mol. The van der Waals surface area contributed by atoms with Gasteiger partial charge in [0.15, 0.2) is 0 Å². The topological polar surface area (TPSA) is 68.8 Å². The number of benzene rings is 1. The summed E-state index contributed by atoms with van der Waals surface area (Å²) in [6.45, 7) is 1.71. The number of nitrogens with zero attached hydrogens (tertiary/aromatic N) is 3. The van der Waals surface area contributed by atoms with Crippen LogP contribution in [-0.4, -0.2) is 21.3 Å². The van der Waals surface area contributed by atoms with E-state index in [2.05, 4.69) is 39.7 Å². The molecular weight excluding hydrogens is 202 g/mol. The highest BCUT2D eigenvalue weighted by molar-refractivity contribution is 5.36. The number of rotatable bonds is 1. The molecule has 3 rings (SSSR count). The van der Waals surface area contributed by atoms with Gasteiger partial charge in [0.05, 0.1) is 6.54 Å². The van der Waals surface area contributed by atoms with Crippen molar-refractivity contribution in [1.82, 2.24) is 14.8 Å². The van der Waals surface area contributed by atoms with Crippen LogP contribution in [-0.2, 0) is 6.54 Å². The van der Waals surface area contributed by atoms with Crippen molar-refractivity contribution in [2.75, 3.05) is 17.6 Å². The maximum Gasteiger partial charge on any atom is 0.241 e. The third kappa shape index (κ3) is 1.50. The second-order valence-corrected chi connectivity index (χ2v) is 3.96. The van der Waals surface area contributed by atoms with Gasteiger partial charge in [-0.05, 0) is 5.56 Å². The number of hydrogen-bond acceptors (Lipinski definition) is 4. The Morgan fingerprint density at radius 3 is 2.94 bits per heavy atom. The monoisotopic (exact) mass is 215 g/mol. The minimum atomic E-state index is 0.330. The van der Waals surface area contributed by atoms with E-state index < -0.39 is 0 Å². The van der Waals surface area contributed by atoms with Gasteiger partial charge in [-0.3, -0.25) is 0 Å². The molecule has 3 N–H and O–H groups in total. The number of nitrogens with one attached hydrogen (secondary N) is 1. The molecule has 0 bridgehead atoms. The summed E-state index contributed by atoms with van der Waals surface area (Å²) >= 11 is 0. The molecule has 5 heteroatoms. The number of hydrogen-bond donors (Lipinski definition) is 2. The number of aromatic nitrogens is 3. The van der Waals surface area contributed by atoms with Crippen molar-refractivity contribution < 1.29 is 0 Å². The second-order valence-electron chi connectivity index (χ2n) is 3.96. The Kier molecular flexibility index (Phi) is 2.02. The van der Waals surface area contributed by atoms with Crippen LogP contribution >= 0.6 is 0 Å². The summed E-state index contributed by atoms with van der Waals surface area (Å²) in [6, 6.07) is 10.4. The van der Waals surface area contributed by atoms with Crippen molar-refractivity contribution in [3.05, 3.63) is 35.9 Å². The summed E-state index contributed by atoms with van der Waals surface area (Å²) in [5.41, 5.74) is 6.87. The maximum atomic E-state index is 5.56. The number of fused-ring (bicyclic) bond motifs is 1. The Bertz CT molecular complexity index is 490. The fraction of sp³-hybridized carbons (Fsp3) is 0.273. The van der Waals surface area contributed by atoms with Crippen LogP contribution in [0.15, 0.2) is 30.3 Å². The van der Waals surface area contributed by atoms with Crippen molar-refractivity contribution in [2.45, 2.75) is 12.5 Å². The smallest absolute Gasteiger partial charge is 0.241 e. The molecule has 0 saturated carbocycles. The van der Waals surface area contributed by atoms with Crippen LogP contribution in [0.25, 0.3) is 0 Å². The van der Waals surface area contributed by atoms with E-state index in [9.17, 15) is 0 Å². The molecule has 16 heavy (non-hydrogen) atoms. The Labute approximate surface area is 93.3 Å². The molecule has 0 aliphatic carbocycles. The number of nitrogens with two attached hydrogens (primary N) is 1. The van der Waals surface area contributed by atoms with Gasteiger partial charge in [0.25, 0.3) is 0 Å². The lowest BCUT2D eigenvalue weighted by Crippen LogP contribution is -2.26. The summed E-state index contributed by atoms with van der Waals surface area (Å²) < 4.78 is 1.83. The highest BCUT2D eigenvalue weighted by atomic mass is 15.4. The normalized spacial score (nSPS) is 18.9. The summed E-state index contributed by atoms with van der Waals surface area (Å²) in [5, 5.41) is 7.39. The third-order valence-corrected chi connectivity index (χ3v) is 2.86. The van der Waals surface area contributed by atoms with Crippen LogP contribution in [0.4, 0.5) is 11.9 Å². The molecule has 82 valence electrons. The van der Waals surface area contributed by atoms with Gasteiger partial charge in [-0.2, -0.15) is 4.98 Å². The highest BCUT2D eigenvalue weighted by Crippen LogP contribution is 2.24. The SMILES string of the molecule is Nc1nc2n(n1)CC(c1ccccc1)CN2. The van der Waals surface area contributed by atoms with E-state index in [0.717, 1.165) is 19.0 Å². The van der Waals surface area contributed by atoms with Gasteiger partial charge < -0.3 is 11.1 Å². The zero-order valence-electron chi connectivity index (χ0n) is 8.80. The first-order valence-electron chi connectivity index (χ1n) is 5.32. The van der Waals surface area contributed by atoms with Crippen molar-refractivity contribution in [3.63, 3.8) is 0 Å². The molecule has 0 spiro atoms. The molecule has 1 aliphatic heterocycles. The first kappa shape index (κ1) is 9.21. The molecule has 1 aliphatic rings. The average molecular weight is 215 g/mol. The van der Waals surface area contributed by atoms with Crippen LogP contribution in [0.5, 0.6) is 0 Å². The van der Waals surface area contributed by atoms with E-state index in [-0.39, 0.29) is 0 Å². The van der Waals surface area contributed by atoms with E-state index in [1.165, 1.54) is 5.56 Å². The molecule has 0 radical (unpaired) electrons. The van der Waals surface area contributed by atoms with Crippen LogP contribution in [0.1, 0.15) is 11.5 Å². The standard InChI is InChI=1S/C11H13N5/c12-10-14-11-13-6-9(7-16(11)15-10)8-4-2-1-3-5-8/h1-5,9H,6-7H2,(H3,12,13,14,15). The zero-order chi connectivity index (χ0) is 11.0. The third-order valence-electron chi connectivity index (χ3n) is 2.86. The molecule has 2 aromatic rings. The van der Waals surface area contributed by atoms with Gasteiger partial charge in [-0.1, -0.05) is 30.3 Å². The molecule has 1 atom stereocenters. The Hall–Kier alpha value is -2.04. The first-order valence-corrected chi connectivity index (χ1v) is 5.32. The Balaban J connectivity index is 1.88. The molecule has 0 fully saturated rings. The van der Waals surface area contributed by atoms with Crippen molar-refractivity contribution in [1.29, 1.82) is 0 Å². The lowest BCUT2D eigenvalue weighted by molar-refractivity contribution is 0.504.